The minimum atomic E-state index is -0.121. The highest BCUT2D eigenvalue weighted by Crippen LogP contribution is 2.20. The summed E-state index contributed by atoms with van der Waals surface area (Å²) < 4.78 is 4.58. The predicted octanol–water partition coefficient (Wildman–Crippen LogP) is 2.91. The minimum Gasteiger partial charge on any atom is -0.469 e. The van der Waals surface area contributed by atoms with Crippen LogP contribution >= 0.6 is 11.3 Å². The molecular formula is C12H20N2O2S. The molecule has 17 heavy (non-hydrogen) atoms. The molecule has 0 aliphatic heterocycles. The molecule has 4 nitrogen and oxygen atoms in total. The third-order valence-electron chi connectivity index (χ3n) is 2.59. The van der Waals surface area contributed by atoms with Crippen LogP contribution in [-0.2, 0) is 9.53 Å². The first-order valence-corrected chi connectivity index (χ1v) is 6.70. The molecule has 1 aromatic rings. The smallest absolute Gasteiger partial charge is 0.305 e. The molecule has 0 aliphatic carbocycles. The topological polar surface area (TPSA) is 51.2 Å². The van der Waals surface area contributed by atoms with Crippen LogP contribution < -0.4 is 5.32 Å². The van der Waals surface area contributed by atoms with Gasteiger partial charge in [0.05, 0.1) is 12.8 Å². The number of anilines is 1. The molecule has 0 saturated carbocycles. The Morgan fingerprint density at radius 3 is 2.71 bits per heavy atom. The summed E-state index contributed by atoms with van der Waals surface area (Å²) in [6.45, 7) is 5.01. The largest absolute Gasteiger partial charge is 0.469 e. The Balaban J connectivity index is 2.06. The monoisotopic (exact) mass is 256 g/mol. The molecule has 0 spiro atoms. The fraction of sp³-hybridized carbons (Fsp3) is 0.667. The van der Waals surface area contributed by atoms with Crippen molar-refractivity contribution in [1.29, 1.82) is 0 Å². The molecule has 0 unspecified atom stereocenters. The van der Waals surface area contributed by atoms with Crippen LogP contribution in [-0.4, -0.2) is 24.6 Å². The number of unbranched alkanes of at least 4 members (excludes halogenated alkanes) is 2. The molecule has 0 saturated heterocycles. The Morgan fingerprint density at radius 2 is 2.12 bits per heavy atom. The van der Waals surface area contributed by atoms with Crippen LogP contribution in [0.4, 0.5) is 5.13 Å². The van der Waals surface area contributed by atoms with E-state index < -0.39 is 0 Å². The zero-order valence-electron chi connectivity index (χ0n) is 10.7. The van der Waals surface area contributed by atoms with E-state index in [1.165, 1.54) is 12.0 Å². The summed E-state index contributed by atoms with van der Waals surface area (Å²) in [4.78, 5) is 16.5. The first-order valence-electron chi connectivity index (χ1n) is 5.88. The highest BCUT2D eigenvalue weighted by molar-refractivity contribution is 7.15. The number of methoxy groups -OCH3 is 1. The van der Waals surface area contributed by atoms with Gasteiger partial charge in [0.2, 0.25) is 0 Å². The molecule has 0 aliphatic rings. The molecule has 0 radical (unpaired) electrons. The zero-order valence-corrected chi connectivity index (χ0v) is 11.5. The van der Waals surface area contributed by atoms with Gasteiger partial charge in [-0.3, -0.25) is 4.79 Å². The molecule has 0 fully saturated rings. The van der Waals surface area contributed by atoms with E-state index >= 15 is 0 Å². The van der Waals surface area contributed by atoms with Crippen molar-refractivity contribution in [3.05, 3.63) is 10.6 Å². The fourth-order valence-electron chi connectivity index (χ4n) is 1.42. The highest BCUT2D eigenvalue weighted by Gasteiger charge is 2.02. The second kappa shape index (κ2) is 7.27. The van der Waals surface area contributed by atoms with Crippen molar-refractivity contribution in [1.82, 2.24) is 4.98 Å². The number of thiazole rings is 1. The van der Waals surface area contributed by atoms with Gasteiger partial charge in [-0.15, -0.1) is 11.3 Å². The van der Waals surface area contributed by atoms with E-state index in [2.05, 4.69) is 22.0 Å². The standard InChI is InChI=1S/C12H20N2O2S/c1-9-10(2)17-12(14-9)13-8-6-4-5-7-11(15)16-3/h4-8H2,1-3H3,(H,13,14). The van der Waals surface area contributed by atoms with E-state index in [0.717, 1.165) is 36.6 Å². The number of carbonyl (C=O) groups excluding carboxylic acids is 1. The molecule has 0 bridgehead atoms. The normalized spacial score (nSPS) is 10.3. The molecule has 1 aromatic heterocycles. The number of aryl methyl sites for hydroxylation is 2. The third kappa shape index (κ3) is 5.17. The molecule has 0 atom stereocenters. The van der Waals surface area contributed by atoms with Crippen LogP contribution in [0.5, 0.6) is 0 Å². The first kappa shape index (κ1) is 14.0. The number of hydrogen-bond donors (Lipinski definition) is 1. The summed E-state index contributed by atoms with van der Waals surface area (Å²) in [5.41, 5.74) is 1.10. The predicted molar refractivity (Wildman–Crippen MR) is 70.6 cm³/mol. The van der Waals surface area contributed by atoms with Crippen molar-refractivity contribution in [2.75, 3.05) is 19.0 Å². The van der Waals surface area contributed by atoms with Gasteiger partial charge in [-0.05, 0) is 26.7 Å². The summed E-state index contributed by atoms with van der Waals surface area (Å²) in [6.07, 6.45) is 3.50. The van der Waals surface area contributed by atoms with Crippen molar-refractivity contribution >= 4 is 22.4 Å². The Kier molecular flexibility index (Phi) is 5.97. The second-order valence-corrected chi connectivity index (χ2v) is 5.18. The van der Waals surface area contributed by atoms with Crippen molar-refractivity contribution < 1.29 is 9.53 Å². The third-order valence-corrected chi connectivity index (χ3v) is 3.62. The molecule has 0 amide bonds. The molecule has 1 rings (SSSR count). The molecule has 0 aromatic carbocycles. The first-order chi connectivity index (χ1) is 8.13. The lowest BCUT2D eigenvalue weighted by atomic mass is 10.2. The van der Waals surface area contributed by atoms with Gasteiger partial charge in [-0.2, -0.15) is 0 Å². The van der Waals surface area contributed by atoms with Crippen molar-refractivity contribution in [2.45, 2.75) is 39.5 Å². The van der Waals surface area contributed by atoms with E-state index in [0.29, 0.717) is 6.42 Å². The Labute approximate surface area is 106 Å². The van der Waals surface area contributed by atoms with Crippen LogP contribution in [0, 0.1) is 13.8 Å². The molecule has 1 heterocycles. The Bertz CT molecular complexity index is 344. The molecule has 96 valence electrons. The number of carbonyl (C=O) groups is 1. The quantitative estimate of drug-likeness (QED) is 0.602. The van der Waals surface area contributed by atoms with Gasteiger partial charge >= 0.3 is 5.97 Å². The number of esters is 1. The van der Waals surface area contributed by atoms with Gasteiger partial charge in [-0.1, -0.05) is 6.42 Å². The number of nitrogens with zero attached hydrogens (tertiary/aromatic N) is 1. The highest BCUT2D eigenvalue weighted by atomic mass is 32.1. The van der Waals surface area contributed by atoms with Gasteiger partial charge < -0.3 is 10.1 Å². The van der Waals surface area contributed by atoms with E-state index in [9.17, 15) is 4.79 Å². The number of hydrogen-bond acceptors (Lipinski definition) is 5. The molecule has 1 N–H and O–H groups in total. The summed E-state index contributed by atoms with van der Waals surface area (Å²) in [5.74, 6) is -0.121. The van der Waals surface area contributed by atoms with E-state index in [-0.39, 0.29) is 5.97 Å². The lowest BCUT2D eigenvalue weighted by Crippen LogP contribution is -2.03. The van der Waals surface area contributed by atoms with Crippen LogP contribution in [0.1, 0.15) is 36.3 Å². The van der Waals surface area contributed by atoms with Gasteiger partial charge in [0.25, 0.3) is 0 Å². The van der Waals surface area contributed by atoms with Crippen molar-refractivity contribution in [2.24, 2.45) is 0 Å². The van der Waals surface area contributed by atoms with Gasteiger partial charge in [0.15, 0.2) is 5.13 Å². The van der Waals surface area contributed by atoms with Crippen LogP contribution in [0.25, 0.3) is 0 Å². The summed E-state index contributed by atoms with van der Waals surface area (Å²) in [5, 5.41) is 4.29. The summed E-state index contributed by atoms with van der Waals surface area (Å²) in [6, 6.07) is 0. The lowest BCUT2D eigenvalue weighted by molar-refractivity contribution is -0.140. The van der Waals surface area contributed by atoms with Gasteiger partial charge in [-0.25, -0.2) is 4.98 Å². The number of nitrogens with one attached hydrogen (secondary N) is 1. The second-order valence-electron chi connectivity index (χ2n) is 3.97. The lowest BCUT2D eigenvalue weighted by Gasteiger charge is -2.02. The molecule has 5 heteroatoms. The van der Waals surface area contributed by atoms with Crippen LogP contribution in [0.15, 0.2) is 0 Å². The summed E-state index contributed by atoms with van der Waals surface area (Å²) in [7, 11) is 1.43. The maximum Gasteiger partial charge on any atom is 0.305 e. The zero-order chi connectivity index (χ0) is 12.7. The maximum absolute atomic E-state index is 10.9. The van der Waals surface area contributed by atoms with Crippen LogP contribution in [0.3, 0.4) is 0 Å². The number of aromatic nitrogens is 1. The van der Waals surface area contributed by atoms with Crippen molar-refractivity contribution in [3.63, 3.8) is 0 Å². The maximum atomic E-state index is 10.9. The average molecular weight is 256 g/mol. The SMILES string of the molecule is COC(=O)CCCCCNc1nc(C)c(C)s1. The number of ether oxygens (including phenoxy) is 1. The fourth-order valence-corrected chi connectivity index (χ4v) is 2.26. The average Bonchev–Trinajstić information content (AvgIpc) is 2.62. The van der Waals surface area contributed by atoms with Gasteiger partial charge in [0, 0.05) is 17.8 Å². The van der Waals surface area contributed by atoms with Crippen LogP contribution in [0.2, 0.25) is 0 Å². The summed E-state index contributed by atoms with van der Waals surface area (Å²) >= 11 is 1.69. The number of rotatable bonds is 7. The van der Waals surface area contributed by atoms with E-state index in [4.69, 9.17) is 0 Å². The van der Waals surface area contributed by atoms with E-state index in [1.807, 2.05) is 6.92 Å². The minimum absolute atomic E-state index is 0.121. The molecular weight excluding hydrogens is 236 g/mol. The van der Waals surface area contributed by atoms with Gasteiger partial charge in [0.1, 0.15) is 0 Å². The Morgan fingerprint density at radius 1 is 1.35 bits per heavy atom. The van der Waals surface area contributed by atoms with Crippen molar-refractivity contribution in [3.8, 4) is 0 Å². The van der Waals surface area contributed by atoms with E-state index in [1.54, 1.807) is 11.3 Å². The Hall–Kier alpha value is -1.10.